The van der Waals surface area contributed by atoms with Gasteiger partial charge in [-0.1, -0.05) is 29.8 Å². The van der Waals surface area contributed by atoms with E-state index in [1.54, 1.807) is 23.1 Å². The number of aryl methyl sites for hydroxylation is 1. The summed E-state index contributed by atoms with van der Waals surface area (Å²) in [5.41, 5.74) is 2.28. The first-order valence-electron chi connectivity index (χ1n) is 12.6. The van der Waals surface area contributed by atoms with Crippen LogP contribution in [0.15, 0.2) is 71.3 Å². The van der Waals surface area contributed by atoms with E-state index in [2.05, 4.69) is 4.98 Å². The lowest BCUT2D eigenvalue weighted by atomic mass is 10.0. The summed E-state index contributed by atoms with van der Waals surface area (Å²) in [5.74, 6) is 0.348. The molecule has 0 N–H and O–H groups in total. The van der Waals surface area contributed by atoms with Crippen LogP contribution in [0.25, 0.3) is 28.2 Å². The van der Waals surface area contributed by atoms with Crippen molar-refractivity contribution in [3.63, 3.8) is 0 Å². The van der Waals surface area contributed by atoms with E-state index < -0.39 is 11.9 Å². The number of carbonyl (C=O) groups excluding carboxylic acids is 2. The number of furan rings is 1. The van der Waals surface area contributed by atoms with Crippen LogP contribution < -0.4 is 0 Å². The molecule has 6 nitrogen and oxygen atoms in total. The summed E-state index contributed by atoms with van der Waals surface area (Å²) >= 11 is 6.51. The SMILES string of the molecule is O=C(/C=C/c1ccc(C(F)(F)F)nc1)CCc1cc2cc(-c3ccc(C(=O)N4CCOCC4)cc3)cc(Cl)c2o1. The summed E-state index contributed by atoms with van der Waals surface area (Å²) in [6.45, 7) is 2.24. The third-order valence-corrected chi connectivity index (χ3v) is 6.82. The van der Waals surface area contributed by atoms with E-state index in [9.17, 15) is 22.8 Å². The van der Waals surface area contributed by atoms with Crippen LogP contribution >= 0.6 is 11.6 Å². The van der Waals surface area contributed by atoms with E-state index in [0.29, 0.717) is 60.2 Å². The first-order chi connectivity index (χ1) is 19.2. The molecule has 206 valence electrons. The number of allylic oxidation sites excluding steroid dienone is 1. The van der Waals surface area contributed by atoms with Crippen molar-refractivity contribution >= 4 is 40.3 Å². The van der Waals surface area contributed by atoms with Gasteiger partial charge in [-0.15, -0.1) is 0 Å². The molecule has 1 amide bonds. The summed E-state index contributed by atoms with van der Waals surface area (Å²) in [5, 5.41) is 1.21. The van der Waals surface area contributed by atoms with Crippen LogP contribution in [0.5, 0.6) is 0 Å². The average molecular weight is 569 g/mol. The van der Waals surface area contributed by atoms with Crippen molar-refractivity contribution in [3.05, 3.63) is 94.5 Å². The molecule has 10 heteroatoms. The van der Waals surface area contributed by atoms with Gasteiger partial charge in [0.25, 0.3) is 5.91 Å². The molecule has 4 aromatic rings. The summed E-state index contributed by atoms with van der Waals surface area (Å²) in [6, 6.07) is 15.0. The van der Waals surface area contributed by atoms with Crippen molar-refractivity contribution in [3.8, 4) is 11.1 Å². The highest BCUT2D eigenvalue weighted by molar-refractivity contribution is 6.35. The zero-order chi connectivity index (χ0) is 28.3. The molecule has 1 fully saturated rings. The Bertz CT molecular complexity index is 1560. The van der Waals surface area contributed by atoms with Gasteiger partial charge in [0.15, 0.2) is 11.4 Å². The van der Waals surface area contributed by atoms with Crippen molar-refractivity contribution < 1.29 is 31.9 Å². The van der Waals surface area contributed by atoms with E-state index >= 15 is 0 Å². The number of ketones is 1. The standard InChI is InChI=1S/C30H24ClF3N2O4/c31-26-17-22(20-3-5-21(6-4-20)29(38)36-11-13-39-14-12-36)15-23-16-25(40-28(23)26)9-8-24(37)7-1-19-2-10-27(35-18-19)30(32,33)34/h1-7,10,15-18H,8-9,11-14H2/b7-1+. The molecule has 0 bridgehead atoms. The molecule has 3 heterocycles. The van der Waals surface area contributed by atoms with Gasteiger partial charge in [-0.05, 0) is 65.2 Å². The van der Waals surface area contributed by atoms with E-state index in [1.165, 1.54) is 18.2 Å². The first kappa shape index (κ1) is 27.6. The Morgan fingerprint density at radius 1 is 1.00 bits per heavy atom. The number of rotatable bonds is 7. The fraction of sp³-hybridized carbons (Fsp3) is 0.233. The number of halogens is 4. The minimum absolute atomic E-state index is 0.0248. The lowest BCUT2D eigenvalue weighted by molar-refractivity contribution is -0.141. The van der Waals surface area contributed by atoms with Crippen LogP contribution in [0.3, 0.4) is 0 Å². The largest absolute Gasteiger partial charge is 0.459 e. The normalized spacial score (nSPS) is 14.2. The molecule has 0 unspecified atom stereocenters. The highest BCUT2D eigenvalue weighted by Crippen LogP contribution is 2.33. The monoisotopic (exact) mass is 568 g/mol. The van der Waals surface area contributed by atoms with Crippen LogP contribution in [-0.2, 0) is 22.1 Å². The van der Waals surface area contributed by atoms with Gasteiger partial charge in [0.2, 0.25) is 0 Å². The fourth-order valence-corrected chi connectivity index (χ4v) is 4.66. The molecule has 0 atom stereocenters. The van der Waals surface area contributed by atoms with Gasteiger partial charge in [-0.2, -0.15) is 13.2 Å². The second kappa shape index (κ2) is 11.7. The third-order valence-electron chi connectivity index (χ3n) is 6.54. The lowest BCUT2D eigenvalue weighted by Gasteiger charge is -2.26. The zero-order valence-corrected chi connectivity index (χ0v) is 22.0. The van der Waals surface area contributed by atoms with Crippen molar-refractivity contribution in [1.82, 2.24) is 9.88 Å². The number of benzene rings is 2. The second-order valence-corrected chi connectivity index (χ2v) is 9.75. The van der Waals surface area contributed by atoms with Crippen molar-refractivity contribution in [2.75, 3.05) is 26.3 Å². The Hall–Kier alpha value is -3.95. The van der Waals surface area contributed by atoms with E-state index in [-0.39, 0.29) is 18.1 Å². The maximum atomic E-state index is 12.7. The molecule has 1 saturated heterocycles. The quantitative estimate of drug-likeness (QED) is 0.228. The zero-order valence-electron chi connectivity index (χ0n) is 21.2. The molecule has 40 heavy (non-hydrogen) atoms. The van der Waals surface area contributed by atoms with Crippen LogP contribution in [0.1, 0.15) is 33.8 Å². The van der Waals surface area contributed by atoms with Crippen molar-refractivity contribution in [1.29, 1.82) is 0 Å². The fourth-order valence-electron chi connectivity index (χ4n) is 4.40. The number of hydrogen-bond acceptors (Lipinski definition) is 5. The molecular weight excluding hydrogens is 545 g/mol. The van der Waals surface area contributed by atoms with E-state index in [0.717, 1.165) is 28.8 Å². The highest BCUT2D eigenvalue weighted by Gasteiger charge is 2.31. The number of alkyl halides is 3. The number of morpholine rings is 1. The molecule has 1 aliphatic rings. The first-order valence-corrected chi connectivity index (χ1v) is 13.0. The number of ether oxygens (including phenoxy) is 1. The molecule has 1 aliphatic heterocycles. The Morgan fingerprint density at radius 2 is 1.75 bits per heavy atom. The minimum Gasteiger partial charge on any atom is -0.459 e. The smallest absolute Gasteiger partial charge is 0.433 e. The molecule has 0 aliphatic carbocycles. The topological polar surface area (TPSA) is 72.6 Å². The van der Waals surface area contributed by atoms with Crippen LogP contribution in [0.2, 0.25) is 5.02 Å². The molecule has 0 spiro atoms. The Kier molecular flexibility index (Phi) is 8.04. The van der Waals surface area contributed by atoms with Gasteiger partial charge >= 0.3 is 6.18 Å². The highest BCUT2D eigenvalue weighted by atomic mass is 35.5. The molecule has 0 radical (unpaired) electrons. The van der Waals surface area contributed by atoms with Gasteiger partial charge in [0, 0.05) is 43.1 Å². The Labute approximate surface area is 233 Å². The second-order valence-electron chi connectivity index (χ2n) is 9.35. The number of carbonyl (C=O) groups is 2. The summed E-state index contributed by atoms with van der Waals surface area (Å²) in [6.07, 6.45) is -0.230. The van der Waals surface area contributed by atoms with E-state index in [4.69, 9.17) is 20.8 Å². The Morgan fingerprint density at radius 3 is 2.42 bits per heavy atom. The van der Waals surface area contributed by atoms with Crippen molar-refractivity contribution in [2.45, 2.75) is 19.0 Å². The maximum Gasteiger partial charge on any atom is 0.433 e. The van der Waals surface area contributed by atoms with Crippen LogP contribution in [0.4, 0.5) is 13.2 Å². The van der Waals surface area contributed by atoms with Crippen molar-refractivity contribution in [2.24, 2.45) is 0 Å². The van der Waals surface area contributed by atoms with Gasteiger partial charge < -0.3 is 14.1 Å². The average Bonchev–Trinajstić information content (AvgIpc) is 3.39. The van der Waals surface area contributed by atoms with E-state index in [1.807, 2.05) is 24.3 Å². The number of amides is 1. The molecule has 2 aromatic heterocycles. The Balaban J connectivity index is 1.23. The number of hydrogen-bond donors (Lipinski definition) is 0. The minimum atomic E-state index is -4.51. The van der Waals surface area contributed by atoms with Crippen LogP contribution in [-0.4, -0.2) is 47.9 Å². The van der Waals surface area contributed by atoms with Gasteiger partial charge in [0.1, 0.15) is 11.5 Å². The molecular formula is C30H24ClF3N2O4. The number of nitrogens with zero attached hydrogens (tertiary/aromatic N) is 2. The van der Waals surface area contributed by atoms with Gasteiger partial charge in [-0.3, -0.25) is 14.6 Å². The lowest BCUT2D eigenvalue weighted by Crippen LogP contribution is -2.40. The predicted octanol–water partition coefficient (Wildman–Crippen LogP) is 6.85. The van der Waals surface area contributed by atoms with Gasteiger partial charge in [-0.25, -0.2) is 0 Å². The summed E-state index contributed by atoms with van der Waals surface area (Å²) < 4.78 is 49.1. The van der Waals surface area contributed by atoms with Gasteiger partial charge in [0.05, 0.1) is 18.2 Å². The van der Waals surface area contributed by atoms with Crippen LogP contribution in [0, 0.1) is 0 Å². The predicted molar refractivity (Wildman–Crippen MR) is 145 cm³/mol. The number of aromatic nitrogens is 1. The summed E-state index contributed by atoms with van der Waals surface area (Å²) in [4.78, 5) is 30.2. The molecule has 5 rings (SSSR count). The molecule has 2 aromatic carbocycles. The summed E-state index contributed by atoms with van der Waals surface area (Å²) in [7, 11) is 0. The third kappa shape index (κ3) is 6.43. The molecule has 0 saturated carbocycles. The number of pyridine rings is 1. The number of fused-ring (bicyclic) bond motifs is 1. The maximum absolute atomic E-state index is 12.7.